The van der Waals surface area contributed by atoms with E-state index in [1.807, 2.05) is 12.5 Å². The third kappa shape index (κ3) is 5.98. The Bertz CT molecular complexity index is 222. The predicted molar refractivity (Wildman–Crippen MR) is 70.6 cm³/mol. The molecule has 1 aromatic rings. The highest BCUT2D eigenvalue weighted by molar-refractivity contribution is 8.93. The molecule has 0 aliphatic rings. The molecular formula is C12H23BrN2. The van der Waals surface area contributed by atoms with E-state index in [-0.39, 0.29) is 17.0 Å². The van der Waals surface area contributed by atoms with E-state index in [1.165, 1.54) is 38.5 Å². The van der Waals surface area contributed by atoms with E-state index in [4.69, 9.17) is 0 Å². The van der Waals surface area contributed by atoms with Crippen LogP contribution in [-0.2, 0) is 0 Å². The molecule has 1 rings (SSSR count). The SMILES string of the molecule is Br.CCCCCCCC(C)n1ccnc1. The molecular weight excluding hydrogens is 252 g/mol. The van der Waals surface area contributed by atoms with Crippen molar-refractivity contribution >= 4 is 17.0 Å². The summed E-state index contributed by atoms with van der Waals surface area (Å²) in [5.41, 5.74) is 0. The number of hydrogen-bond acceptors (Lipinski definition) is 1. The number of rotatable bonds is 7. The normalized spacial score (nSPS) is 12.1. The van der Waals surface area contributed by atoms with E-state index in [0.717, 1.165) is 0 Å². The summed E-state index contributed by atoms with van der Waals surface area (Å²) in [5.74, 6) is 0. The second-order valence-corrected chi connectivity index (χ2v) is 4.06. The van der Waals surface area contributed by atoms with Gasteiger partial charge in [0.2, 0.25) is 0 Å². The molecule has 1 atom stereocenters. The first-order valence-corrected chi connectivity index (χ1v) is 5.82. The van der Waals surface area contributed by atoms with Crippen LogP contribution in [0.4, 0.5) is 0 Å². The van der Waals surface area contributed by atoms with Crippen LogP contribution in [0.15, 0.2) is 18.7 Å². The molecule has 15 heavy (non-hydrogen) atoms. The Morgan fingerprint density at radius 1 is 1.20 bits per heavy atom. The molecule has 1 heterocycles. The number of aromatic nitrogens is 2. The maximum atomic E-state index is 4.06. The van der Waals surface area contributed by atoms with Gasteiger partial charge in [-0.05, 0) is 13.3 Å². The van der Waals surface area contributed by atoms with Crippen LogP contribution in [-0.4, -0.2) is 9.55 Å². The lowest BCUT2D eigenvalue weighted by Crippen LogP contribution is -2.01. The smallest absolute Gasteiger partial charge is 0.0948 e. The Morgan fingerprint density at radius 3 is 2.53 bits per heavy atom. The highest BCUT2D eigenvalue weighted by atomic mass is 79.9. The van der Waals surface area contributed by atoms with Crippen LogP contribution in [0.25, 0.3) is 0 Å². The van der Waals surface area contributed by atoms with Gasteiger partial charge in [0.25, 0.3) is 0 Å². The van der Waals surface area contributed by atoms with Gasteiger partial charge in [-0.3, -0.25) is 0 Å². The van der Waals surface area contributed by atoms with E-state index in [0.29, 0.717) is 6.04 Å². The maximum Gasteiger partial charge on any atom is 0.0948 e. The zero-order chi connectivity index (χ0) is 10.2. The van der Waals surface area contributed by atoms with Crippen molar-refractivity contribution in [3.05, 3.63) is 18.7 Å². The first-order chi connectivity index (χ1) is 6.84. The molecule has 0 aliphatic carbocycles. The lowest BCUT2D eigenvalue weighted by molar-refractivity contribution is 0.469. The molecule has 0 fully saturated rings. The third-order valence-corrected chi connectivity index (χ3v) is 2.76. The van der Waals surface area contributed by atoms with Gasteiger partial charge in [-0.25, -0.2) is 4.98 Å². The van der Waals surface area contributed by atoms with Crippen molar-refractivity contribution in [3.63, 3.8) is 0 Å². The molecule has 0 bridgehead atoms. The first-order valence-electron chi connectivity index (χ1n) is 5.82. The van der Waals surface area contributed by atoms with Crippen molar-refractivity contribution < 1.29 is 0 Å². The van der Waals surface area contributed by atoms with Gasteiger partial charge in [-0.15, -0.1) is 17.0 Å². The van der Waals surface area contributed by atoms with Crippen molar-refractivity contribution in [2.45, 2.75) is 58.4 Å². The molecule has 0 aliphatic heterocycles. The summed E-state index contributed by atoms with van der Waals surface area (Å²) in [6.45, 7) is 4.52. The molecule has 1 aromatic heterocycles. The van der Waals surface area contributed by atoms with Crippen molar-refractivity contribution in [1.82, 2.24) is 9.55 Å². The van der Waals surface area contributed by atoms with Crippen LogP contribution in [0, 0.1) is 0 Å². The topological polar surface area (TPSA) is 17.8 Å². The van der Waals surface area contributed by atoms with Crippen LogP contribution >= 0.6 is 17.0 Å². The summed E-state index contributed by atoms with van der Waals surface area (Å²) in [6.07, 6.45) is 13.9. The standard InChI is InChI=1S/C12H22N2.BrH/c1-3-4-5-6-7-8-12(2)14-10-9-13-11-14;/h9-12H,3-8H2,1-2H3;1H. The summed E-state index contributed by atoms with van der Waals surface area (Å²) in [6, 6.07) is 0.610. The fraction of sp³-hybridized carbons (Fsp3) is 0.750. The van der Waals surface area contributed by atoms with Gasteiger partial charge in [0, 0.05) is 18.4 Å². The average molecular weight is 275 g/mol. The molecule has 3 heteroatoms. The van der Waals surface area contributed by atoms with Crippen molar-refractivity contribution in [2.24, 2.45) is 0 Å². The first kappa shape index (κ1) is 14.7. The van der Waals surface area contributed by atoms with E-state index in [2.05, 4.69) is 29.6 Å². The minimum absolute atomic E-state index is 0. The summed E-state index contributed by atoms with van der Waals surface area (Å²) in [7, 11) is 0. The number of hydrogen-bond donors (Lipinski definition) is 0. The maximum absolute atomic E-state index is 4.06. The summed E-state index contributed by atoms with van der Waals surface area (Å²) in [4.78, 5) is 4.06. The Labute approximate surface area is 104 Å². The number of halogens is 1. The monoisotopic (exact) mass is 274 g/mol. The van der Waals surface area contributed by atoms with E-state index in [9.17, 15) is 0 Å². The van der Waals surface area contributed by atoms with Crippen LogP contribution in [0.1, 0.15) is 58.4 Å². The highest BCUT2D eigenvalue weighted by Gasteiger charge is 2.02. The fourth-order valence-corrected chi connectivity index (χ4v) is 1.72. The molecule has 0 N–H and O–H groups in total. The van der Waals surface area contributed by atoms with Gasteiger partial charge >= 0.3 is 0 Å². The fourth-order valence-electron chi connectivity index (χ4n) is 1.72. The van der Waals surface area contributed by atoms with Crippen molar-refractivity contribution in [3.8, 4) is 0 Å². The number of imidazole rings is 1. The van der Waals surface area contributed by atoms with Gasteiger partial charge in [-0.2, -0.15) is 0 Å². The van der Waals surface area contributed by atoms with Crippen molar-refractivity contribution in [2.75, 3.05) is 0 Å². The van der Waals surface area contributed by atoms with Gasteiger partial charge in [0.1, 0.15) is 0 Å². The van der Waals surface area contributed by atoms with Crippen LogP contribution in [0.5, 0.6) is 0 Å². The summed E-state index contributed by atoms with van der Waals surface area (Å²) in [5, 5.41) is 0. The second kappa shape index (κ2) is 8.96. The molecule has 0 amide bonds. The Morgan fingerprint density at radius 2 is 1.93 bits per heavy atom. The Kier molecular flexibility index (Phi) is 8.77. The largest absolute Gasteiger partial charge is 0.335 e. The molecule has 0 radical (unpaired) electrons. The van der Waals surface area contributed by atoms with Crippen LogP contribution in [0.3, 0.4) is 0 Å². The molecule has 0 spiro atoms. The summed E-state index contributed by atoms with van der Waals surface area (Å²) >= 11 is 0. The van der Waals surface area contributed by atoms with E-state index >= 15 is 0 Å². The molecule has 0 saturated heterocycles. The third-order valence-electron chi connectivity index (χ3n) is 2.76. The minimum Gasteiger partial charge on any atom is -0.335 e. The number of nitrogens with zero attached hydrogens (tertiary/aromatic N) is 2. The number of unbranched alkanes of at least 4 members (excludes halogenated alkanes) is 4. The molecule has 88 valence electrons. The summed E-state index contributed by atoms with van der Waals surface area (Å²) < 4.78 is 2.19. The second-order valence-electron chi connectivity index (χ2n) is 4.06. The Balaban J connectivity index is 0.00000196. The van der Waals surface area contributed by atoms with E-state index in [1.54, 1.807) is 0 Å². The zero-order valence-corrected chi connectivity index (χ0v) is 11.6. The molecule has 2 nitrogen and oxygen atoms in total. The van der Waals surface area contributed by atoms with Crippen LogP contribution in [0.2, 0.25) is 0 Å². The minimum atomic E-state index is 0. The lowest BCUT2D eigenvalue weighted by atomic mass is 10.1. The van der Waals surface area contributed by atoms with Gasteiger partial charge in [-0.1, -0.05) is 39.0 Å². The lowest BCUT2D eigenvalue weighted by Gasteiger charge is -2.12. The van der Waals surface area contributed by atoms with Gasteiger partial charge < -0.3 is 4.57 Å². The molecule has 0 aromatic carbocycles. The zero-order valence-electron chi connectivity index (χ0n) is 9.85. The van der Waals surface area contributed by atoms with Gasteiger partial charge in [0.15, 0.2) is 0 Å². The van der Waals surface area contributed by atoms with Gasteiger partial charge in [0.05, 0.1) is 6.33 Å². The Hall–Kier alpha value is -0.310. The van der Waals surface area contributed by atoms with Crippen LogP contribution < -0.4 is 0 Å². The predicted octanol–water partition coefficient (Wildman–Crippen LogP) is 4.38. The average Bonchev–Trinajstić information content (AvgIpc) is 2.70. The van der Waals surface area contributed by atoms with E-state index < -0.39 is 0 Å². The molecule has 1 unspecified atom stereocenters. The molecule has 0 saturated carbocycles. The quantitative estimate of drug-likeness (QED) is 0.675. The highest BCUT2D eigenvalue weighted by Crippen LogP contribution is 2.15. The van der Waals surface area contributed by atoms with Crippen molar-refractivity contribution in [1.29, 1.82) is 0 Å².